The third kappa shape index (κ3) is 4.89. The van der Waals surface area contributed by atoms with Crippen LogP contribution in [0.1, 0.15) is 39.0 Å². The standard InChI is InChI=1S/C15H18FN3S.BrH/c1-10(11-5-7-12(16)8-6-11)18-19-14-17-13(9-20-14)15(2,3)4;/h5-9H,1-4H3,(H,17,19);1H/p-1/b18-10+;. The summed E-state index contributed by atoms with van der Waals surface area (Å²) in [4.78, 5) is 4.50. The molecule has 21 heavy (non-hydrogen) atoms. The second kappa shape index (κ2) is 7.13. The predicted octanol–water partition coefficient (Wildman–Crippen LogP) is 1.42. The first-order valence-corrected chi connectivity index (χ1v) is 7.26. The van der Waals surface area contributed by atoms with Gasteiger partial charge in [-0.05, 0) is 24.6 Å². The van der Waals surface area contributed by atoms with E-state index in [1.165, 1.54) is 23.5 Å². The number of hydrogen-bond acceptors (Lipinski definition) is 4. The van der Waals surface area contributed by atoms with Crippen LogP contribution in [0.3, 0.4) is 0 Å². The number of hydrazone groups is 1. The molecule has 0 saturated carbocycles. The molecule has 6 heteroatoms. The number of nitrogens with one attached hydrogen (secondary N) is 1. The maximum absolute atomic E-state index is 12.9. The molecule has 2 aromatic rings. The Morgan fingerprint density at radius 1 is 1.24 bits per heavy atom. The second-order valence-corrected chi connectivity index (χ2v) is 6.46. The monoisotopic (exact) mass is 370 g/mol. The average Bonchev–Trinajstić information content (AvgIpc) is 2.85. The van der Waals surface area contributed by atoms with Crippen molar-refractivity contribution in [2.24, 2.45) is 5.10 Å². The third-order valence-corrected chi connectivity index (χ3v) is 3.60. The van der Waals surface area contributed by atoms with Crippen molar-refractivity contribution in [2.75, 3.05) is 5.43 Å². The molecule has 0 spiro atoms. The van der Waals surface area contributed by atoms with Crippen molar-refractivity contribution >= 4 is 22.2 Å². The van der Waals surface area contributed by atoms with Crippen molar-refractivity contribution in [3.05, 3.63) is 46.7 Å². The highest BCUT2D eigenvalue weighted by Crippen LogP contribution is 2.26. The summed E-state index contributed by atoms with van der Waals surface area (Å²) in [5, 5.41) is 7.08. The molecule has 114 valence electrons. The number of anilines is 1. The summed E-state index contributed by atoms with van der Waals surface area (Å²) in [5.41, 5.74) is 5.70. The molecule has 0 fully saturated rings. The molecular formula is C15H18BrFN3S-. The van der Waals surface area contributed by atoms with Gasteiger partial charge in [0, 0.05) is 10.8 Å². The van der Waals surface area contributed by atoms with Gasteiger partial charge in [0.15, 0.2) is 0 Å². The van der Waals surface area contributed by atoms with Gasteiger partial charge in [0.25, 0.3) is 0 Å². The minimum Gasteiger partial charge on any atom is -1.00 e. The molecule has 0 aliphatic rings. The molecule has 0 atom stereocenters. The first kappa shape index (κ1) is 17.8. The van der Waals surface area contributed by atoms with E-state index in [1.807, 2.05) is 12.3 Å². The first-order valence-electron chi connectivity index (χ1n) is 6.38. The van der Waals surface area contributed by atoms with Gasteiger partial charge in [-0.15, -0.1) is 11.3 Å². The zero-order valence-electron chi connectivity index (χ0n) is 12.4. The Hall–Kier alpha value is -1.27. The van der Waals surface area contributed by atoms with Gasteiger partial charge in [-0.25, -0.2) is 9.37 Å². The smallest absolute Gasteiger partial charge is 0.203 e. The van der Waals surface area contributed by atoms with Gasteiger partial charge in [0.1, 0.15) is 5.82 Å². The Morgan fingerprint density at radius 2 is 1.86 bits per heavy atom. The molecule has 0 saturated heterocycles. The van der Waals surface area contributed by atoms with Crippen molar-refractivity contribution in [3.8, 4) is 0 Å². The molecule has 0 amide bonds. The number of rotatable bonds is 3. The Bertz CT molecular complexity index is 615. The summed E-state index contributed by atoms with van der Waals surface area (Å²) in [7, 11) is 0. The van der Waals surface area contributed by atoms with Crippen molar-refractivity contribution < 1.29 is 21.4 Å². The lowest BCUT2D eigenvalue weighted by molar-refractivity contribution is -0.00000521. The summed E-state index contributed by atoms with van der Waals surface area (Å²) in [6.07, 6.45) is 0. The summed E-state index contributed by atoms with van der Waals surface area (Å²) < 4.78 is 12.9. The molecule has 2 rings (SSSR count). The van der Waals surface area contributed by atoms with Crippen LogP contribution in [-0.4, -0.2) is 10.7 Å². The van der Waals surface area contributed by atoms with Crippen LogP contribution in [0, 0.1) is 5.82 Å². The van der Waals surface area contributed by atoms with Crippen LogP contribution in [0.4, 0.5) is 9.52 Å². The maximum Gasteiger partial charge on any atom is 0.203 e. The van der Waals surface area contributed by atoms with E-state index >= 15 is 0 Å². The minimum atomic E-state index is -0.246. The van der Waals surface area contributed by atoms with Crippen LogP contribution < -0.4 is 22.4 Å². The number of halogens is 2. The van der Waals surface area contributed by atoms with Gasteiger partial charge in [0.2, 0.25) is 5.13 Å². The van der Waals surface area contributed by atoms with E-state index in [-0.39, 0.29) is 28.2 Å². The zero-order valence-corrected chi connectivity index (χ0v) is 14.8. The Kier molecular flexibility index (Phi) is 6.04. The fourth-order valence-corrected chi connectivity index (χ4v) is 2.44. The zero-order chi connectivity index (χ0) is 14.8. The lowest BCUT2D eigenvalue weighted by Crippen LogP contribution is -3.00. The number of benzene rings is 1. The molecule has 3 nitrogen and oxygen atoms in total. The topological polar surface area (TPSA) is 37.3 Å². The Morgan fingerprint density at radius 3 is 2.38 bits per heavy atom. The summed E-state index contributed by atoms with van der Waals surface area (Å²) in [6.45, 7) is 8.25. The van der Waals surface area contributed by atoms with Crippen molar-refractivity contribution in [3.63, 3.8) is 0 Å². The van der Waals surface area contributed by atoms with Crippen molar-refractivity contribution in [1.82, 2.24) is 4.98 Å². The first-order chi connectivity index (χ1) is 9.36. The molecule has 0 bridgehead atoms. The lowest BCUT2D eigenvalue weighted by Gasteiger charge is -2.13. The quantitative estimate of drug-likeness (QED) is 0.655. The average molecular weight is 371 g/mol. The van der Waals surface area contributed by atoms with Gasteiger partial charge in [0.05, 0.1) is 11.4 Å². The van der Waals surface area contributed by atoms with Gasteiger partial charge < -0.3 is 17.0 Å². The van der Waals surface area contributed by atoms with E-state index in [0.717, 1.165) is 22.1 Å². The molecule has 1 aromatic heterocycles. The van der Waals surface area contributed by atoms with Crippen molar-refractivity contribution in [1.29, 1.82) is 0 Å². The fourth-order valence-electron chi connectivity index (χ4n) is 1.56. The van der Waals surface area contributed by atoms with Crippen LogP contribution in [0.15, 0.2) is 34.7 Å². The summed E-state index contributed by atoms with van der Waals surface area (Å²) in [6, 6.07) is 6.27. The highest BCUT2D eigenvalue weighted by atomic mass is 79.9. The van der Waals surface area contributed by atoms with Crippen LogP contribution in [-0.2, 0) is 5.41 Å². The van der Waals surface area contributed by atoms with Gasteiger partial charge in [-0.1, -0.05) is 32.9 Å². The van der Waals surface area contributed by atoms with E-state index in [9.17, 15) is 4.39 Å². The number of thiazole rings is 1. The molecule has 1 aromatic carbocycles. The van der Waals surface area contributed by atoms with E-state index in [0.29, 0.717) is 0 Å². The van der Waals surface area contributed by atoms with E-state index in [2.05, 4.69) is 36.3 Å². The number of nitrogens with zero attached hydrogens (tertiary/aromatic N) is 2. The van der Waals surface area contributed by atoms with Gasteiger partial charge >= 0.3 is 0 Å². The Balaban J connectivity index is 0.00000220. The van der Waals surface area contributed by atoms with E-state index in [4.69, 9.17) is 0 Å². The normalized spacial score (nSPS) is 12.0. The maximum atomic E-state index is 12.9. The molecule has 1 heterocycles. The van der Waals surface area contributed by atoms with E-state index in [1.54, 1.807) is 12.1 Å². The third-order valence-electron chi connectivity index (χ3n) is 2.85. The second-order valence-electron chi connectivity index (χ2n) is 5.60. The van der Waals surface area contributed by atoms with Crippen LogP contribution >= 0.6 is 11.3 Å². The molecular weight excluding hydrogens is 353 g/mol. The largest absolute Gasteiger partial charge is 1.00 e. The SMILES string of the molecule is C/C(=N\Nc1nc(C(C)(C)C)cs1)c1ccc(F)cc1.[Br-]. The fraction of sp³-hybridized carbons (Fsp3) is 0.333. The van der Waals surface area contributed by atoms with Gasteiger partial charge in [-0.3, -0.25) is 5.43 Å². The number of aromatic nitrogens is 1. The highest BCUT2D eigenvalue weighted by Gasteiger charge is 2.17. The summed E-state index contributed by atoms with van der Waals surface area (Å²) in [5.74, 6) is -0.246. The van der Waals surface area contributed by atoms with Crippen LogP contribution in [0.2, 0.25) is 0 Å². The lowest BCUT2D eigenvalue weighted by atomic mass is 9.93. The van der Waals surface area contributed by atoms with Crippen LogP contribution in [0.5, 0.6) is 0 Å². The molecule has 0 aliphatic heterocycles. The minimum absolute atomic E-state index is 0. The molecule has 0 radical (unpaired) electrons. The molecule has 1 N–H and O–H groups in total. The highest BCUT2D eigenvalue weighted by molar-refractivity contribution is 7.13. The van der Waals surface area contributed by atoms with Crippen molar-refractivity contribution in [2.45, 2.75) is 33.1 Å². The van der Waals surface area contributed by atoms with E-state index < -0.39 is 0 Å². The summed E-state index contributed by atoms with van der Waals surface area (Å²) >= 11 is 1.53. The predicted molar refractivity (Wildman–Crippen MR) is 83.0 cm³/mol. The van der Waals surface area contributed by atoms with Gasteiger partial charge in [-0.2, -0.15) is 5.10 Å². The Labute approximate surface area is 139 Å². The van der Waals surface area contributed by atoms with Crippen LogP contribution in [0.25, 0.3) is 0 Å². The molecule has 0 aliphatic carbocycles. The number of hydrogen-bond donors (Lipinski definition) is 1. The molecule has 0 unspecified atom stereocenters.